The molecule has 1 N–H and O–H groups in total. The molecule has 1 rings (SSSR count). The van der Waals surface area contributed by atoms with Gasteiger partial charge >= 0.3 is 0 Å². The van der Waals surface area contributed by atoms with Crippen LogP contribution in [0.4, 0.5) is 0 Å². The Balaban J connectivity index is 2.66. The second kappa shape index (κ2) is 4.84. The second-order valence-corrected chi connectivity index (χ2v) is 6.30. The number of likely N-dealkylation sites (N-methyl/N-ethyl adjacent to an activating group) is 2. The van der Waals surface area contributed by atoms with Gasteiger partial charge < -0.3 is 10.2 Å². The van der Waals surface area contributed by atoms with E-state index in [0.717, 1.165) is 5.92 Å². The molecule has 0 aromatic carbocycles. The van der Waals surface area contributed by atoms with Gasteiger partial charge in [0, 0.05) is 12.1 Å². The number of hydrogen-bond donors (Lipinski definition) is 1. The lowest BCUT2D eigenvalue weighted by atomic mass is 9.69. The average molecular weight is 212 g/mol. The van der Waals surface area contributed by atoms with Crippen LogP contribution in [0.25, 0.3) is 0 Å². The molecule has 1 aliphatic carbocycles. The highest BCUT2D eigenvalue weighted by Crippen LogP contribution is 2.38. The molecule has 1 saturated carbocycles. The minimum atomic E-state index is 0.465. The highest BCUT2D eigenvalue weighted by atomic mass is 15.1. The number of hydrogen-bond acceptors (Lipinski definition) is 2. The fourth-order valence-corrected chi connectivity index (χ4v) is 2.84. The largest absolute Gasteiger partial charge is 0.315 e. The lowest BCUT2D eigenvalue weighted by molar-refractivity contribution is 0.0875. The van der Waals surface area contributed by atoms with E-state index in [1.807, 2.05) is 0 Å². The number of nitrogens with zero attached hydrogens (tertiary/aromatic N) is 1. The Morgan fingerprint density at radius 2 is 1.73 bits per heavy atom. The Hall–Kier alpha value is -0.0800. The van der Waals surface area contributed by atoms with Crippen LogP contribution in [0.3, 0.4) is 0 Å². The van der Waals surface area contributed by atoms with E-state index in [4.69, 9.17) is 0 Å². The Kier molecular flexibility index (Phi) is 4.19. The van der Waals surface area contributed by atoms with Gasteiger partial charge in [-0.05, 0) is 51.7 Å². The maximum absolute atomic E-state index is 3.47. The van der Waals surface area contributed by atoms with Crippen molar-refractivity contribution in [1.82, 2.24) is 10.2 Å². The molecular formula is C13H28N2. The quantitative estimate of drug-likeness (QED) is 0.756. The summed E-state index contributed by atoms with van der Waals surface area (Å²) in [7, 11) is 6.51. The molecule has 1 fully saturated rings. The van der Waals surface area contributed by atoms with E-state index in [2.05, 4.69) is 52.1 Å². The van der Waals surface area contributed by atoms with Crippen LogP contribution in [-0.2, 0) is 0 Å². The lowest BCUT2D eigenvalue weighted by Gasteiger charge is -2.44. The standard InChI is InChI=1S/C13H28N2/c1-13(2,3)10-7-8-11(14-4)12(9-10)15(5)6/h10-12,14H,7-9H2,1-6H3. The molecule has 90 valence electrons. The van der Waals surface area contributed by atoms with Gasteiger partial charge in [0.15, 0.2) is 0 Å². The van der Waals surface area contributed by atoms with Crippen molar-refractivity contribution in [3.8, 4) is 0 Å². The van der Waals surface area contributed by atoms with Gasteiger partial charge in [-0.2, -0.15) is 0 Å². The molecule has 0 saturated heterocycles. The van der Waals surface area contributed by atoms with Crippen LogP contribution >= 0.6 is 0 Å². The first kappa shape index (κ1) is 13.0. The Morgan fingerprint density at radius 3 is 2.13 bits per heavy atom. The molecule has 2 nitrogen and oxygen atoms in total. The monoisotopic (exact) mass is 212 g/mol. The third-order valence-electron chi connectivity index (χ3n) is 4.08. The number of rotatable bonds is 2. The van der Waals surface area contributed by atoms with Crippen LogP contribution in [0.1, 0.15) is 40.0 Å². The molecule has 0 aromatic rings. The van der Waals surface area contributed by atoms with Crippen molar-refractivity contribution < 1.29 is 0 Å². The SMILES string of the molecule is CNC1CCC(C(C)(C)C)CC1N(C)C. The van der Waals surface area contributed by atoms with Crippen LogP contribution in [-0.4, -0.2) is 38.1 Å². The van der Waals surface area contributed by atoms with Crippen molar-refractivity contribution in [1.29, 1.82) is 0 Å². The molecule has 0 aromatic heterocycles. The fraction of sp³-hybridized carbons (Fsp3) is 1.00. The summed E-state index contributed by atoms with van der Waals surface area (Å²) in [6.45, 7) is 7.14. The molecule has 3 unspecified atom stereocenters. The van der Waals surface area contributed by atoms with Gasteiger partial charge in [0.1, 0.15) is 0 Å². The Bertz CT molecular complexity index is 193. The summed E-state index contributed by atoms with van der Waals surface area (Å²) in [5.74, 6) is 0.870. The maximum atomic E-state index is 3.47. The maximum Gasteiger partial charge on any atom is 0.0245 e. The smallest absolute Gasteiger partial charge is 0.0245 e. The van der Waals surface area contributed by atoms with Gasteiger partial charge in [0.25, 0.3) is 0 Å². The van der Waals surface area contributed by atoms with Gasteiger partial charge in [0.2, 0.25) is 0 Å². The van der Waals surface area contributed by atoms with E-state index in [9.17, 15) is 0 Å². The molecule has 0 bridgehead atoms. The topological polar surface area (TPSA) is 15.3 Å². The van der Waals surface area contributed by atoms with Crippen LogP contribution in [0.5, 0.6) is 0 Å². The zero-order valence-electron chi connectivity index (χ0n) is 11.3. The molecule has 15 heavy (non-hydrogen) atoms. The van der Waals surface area contributed by atoms with Gasteiger partial charge in [-0.15, -0.1) is 0 Å². The summed E-state index contributed by atoms with van der Waals surface area (Å²) >= 11 is 0. The second-order valence-electron chi connectivity index (χ2n) is 6.30. The molecule has 0 spiro atoms. The predicted octanol–water partition coefficient (Wildman–Crippen LogP) is 2.35. The molecule has 1 aliphatic rings. The fourth-order valence-electron chi connectivity index (χ4n) is 2.84. The summed E-state index contributed by atoms with van der Waals surface area (Å²) < 4.78 is 0. The average Bonchev–Trinajstić information content (AvgIpc) is 2.15. The molecule has 0 amide bonds. The van der Waals surface area contributed by atoms with E-state index in [1.54, 1.807) is 0 Å². The highest BCUT2D eigenvalue weighted by Gasteiger charge is 2.35. The van der Waals surface area contributed by atoms with Crippen molar-refractivity contribution in [3.05, 3.63) is 0 Å². The van der Waals surface area contributed by atoms with Gasteiger partial charge in [-0.3, -0.25) is 0 Å². The van der Waals surface area contributed by atoms with Crippen LogP contribution in [0, 0.1) is 11.3 Å². The third-order valence-corrected chi connectivity index (χ3v) is 4.08. The van der Waals surface area contributed by atoms with Gasteiger partial charge in [0.05, 0.1) is 0 Å². The zero-order valence-corrected chi connectivity index (χ0v) is 11.3. The first-order valence-electron chi connectivity index (χ1n) is 6.20. The normalized spacial score (nSPS) is 33.4. The number of nitrogens with one attached hydrogen (secondary N) is 1. The summed E-state index contributed by atoms with van der Waals surface area (Å²) in [6, 6.07) is 1.38. The molecule has 0 radical (unpaired) electrons. The van der Waals surface area contributed by atoms with E-state index < -0.39 is 0 Å². The van der Waals surface area contributed by atoms with E-state index in [-0.39, 0.29) is 0 Å². The molecule has 2 heteroatoms. The minimum Gasteiger partial charge on any atom is -0.315 e. The van der Waals surface area contributed by atoms with Gasteiger partial charge in [-0.1, -0.05) is 20.8 Å². The van der Waals surface area contributed by atoms with Crippen LogP contribution in [0.2, 0.25) is 0 Å². The Morgan fingerprint density at radius 1 is 1.13 bits per heavy atom. The van der Waals surface area contributed by atoms with Crippen molar-refractivity contribution in [2.75, 3.05) is 21.1 Å². The van der Waals surface area contributed by atoms with Crippen molar-refractivity contribution in [3.63, 3.8) is 0 Å². The molecule has 0 aliphatic heterocycles. The third kappa shape index (κ3) is 3.18. The summed E-state index contributed by atoms with van der Waals surface area (Å²) in [5, 5.41) is 3.47. The lowest BCUT2D eigenvalue weighted by Crippen LogP contribution is -2.51. The first-order valence-corrected chi connectivity index (χ1v) is 6.20. The van der Waals surface area contributed by atoms with E-state index in [0.29, 0.717) is 17.5 Å². The van der Waals surface area contributed by atoms with Crippen molar-refractivity contribution >= 4 is 0 Å². The summed E-state index contributed by atoms with van der Waals surface area (Å²) in [5.41, 5.74) is 0.465. The highest BCUT2D eigenvalue weighted by molar-refractivity contribution is 4.92. The van der Waals surface area contributed by atoms with Crippen LogP contribution in [0.15, 0.2) is 0 Å². The predicted molar refractivity (Wildman–Crippen MR) is 67.1 cm³/mol. The van der Waals surface area contributed by atoms with Gasteiger partial charge in [-0.25, -0.2) is 0 Å². The molecular weight excluding hydrogens is 184 g/mol. The molecule has 3 atom stereocenters. The Labute approximate surface area is 95.4 Å². The van der Waals surface area contributed by atoms with E-state index in [1.165, 1.54) is 19.3 Å². The van der Waals surface area contributed by atoms with Crippen LogP contribution < -0.4 is 5.32 Å². The first-order chi connectivity index (χ1) is 6.86. The summed E-state index contributed by atoms with van der Waals surface area (Å²) in [4.78, 5) is 2.39. The van der Waals surface area contributed by atoms with E-state index >= 15 is 0 Å². The van der Waals surface area contributed by atoms with Crippen molar-refractivity contribution in [2.24, 2.45) is 11.3 Å². The minimum absolute atomic E-state index is 0.465. The van der Waals surface area contributed by atoms with Crippen molar-refractivity contribution in [2.45, 2.75) is 52.1 Å². The summed E-state index contributed by atoms with van der Waals surface area (Å²) in [6.07, 6.45) is 4.03. The molecule has 0 heterocycles. The zero-order chi connectivity index (χ0) is 11.6.